The fourth-order valence-corrected chi connectivity index (χ4v) is 3.08. The third-order valence-electron chi connectivity index (χ3n) is 4.38. The molecule has 1 aliphatic heterocycles. The van der Waals surface area contributed by atoms with Crippen LogP contribution in [-0.4, -0.2) is 27.9 Å². The van der Waals surface area contributed by atoms with E-state index >= 15 is 0 Å². The Bertz CT molecular complexity index is 821. The number of hydrogen-bond donors (Lipinski definition) is 1. The minimum absolute atomic E-state index is 0.0999. The first-order valence-corrected chi connectivity index (χ1v) is 8.73. The molecule has 1 aromatic heterocycles. The molecule has 0 bridgehead atoms. The minimum atomic E-state index is -0.884. The van der Waals surface area contributed by atoms with Crippen molar-refractivity contribution in [1.82, 2.24) is 15.2 Å². The van der Waals surface area contributed by atoms with E-state index in [2.05, 4.69) is 22.1 Å². The van der Waals surface area contributed by atoms with Gasteiger partial charge in [0, 0.05) is 5.56 Å². The van der Waals surface area contributed by atoms with E-state index < -0.39 is 5.79 Å². The lowest BCUT2D eigenvalue weighted by atomic mass is 9.99. The van der Waals surface area contributed by atoms with Gasteiger partial charge in [0.15, 0.2) is 5.82 Å². The van der Waals surface area contributed by atoms with E-state index in [0.29, 0.717) is 18.9 Å². The molecule has 1 saturated heterocycles. The van der Waals surface area contributed by atoms with Crippen molar-refractivity contribution in [2.24, 2.45) is 0 Å². The lowest BCUT2D eigenvalue weighted by molar-refractivity contribution is -0.299. The second kappa shape index (κ2) is 7.27. The Morgan fingerprint density at radius 3 is 2.58 bits per heavy atom. The molecule has 0 saturated carbocycles. The van der Waals surface area contributed by atoms with Gasteiger partial charge in [-0.05, 0) is 49.7 Å². The number of para-hydroxylation sites is 1. The standard InChI is InChI=1S/C20H21N3O3/c1-15-11-12-24-20(26-15,13-19-21-14-22-23-19)16-7-9-18(10-8-16)25-17-5-3-2-4-6-17/h2-10,14-15H,11-13H2,1H3,(H,21,22,23). The fourth-order valence-electron chi connectivity index (χ4n) is 3.08. The summed E-state index contributed by atoms with van der Waals surface area (Å²) < 4.78 is 18.2. The van der Waals surface area contributed by atoms with Crippen LogP contribution in [0.5, 0.6) is 11.5 Å². The number of nitrogens with zero attached hydrogens (tertiary/aromatic N) is 2. The molecule has 0 radical (unpaired) electrons. The highest BCUT2D eigenvalue weighted by Crippen LogP contribution is 2.37. The number of aromatic amines is 1. The van der Waals surface area contributed by atoms with Crippen molar-refractivity contribution in [2.75, 3.05) is 6.61 Å². The number of aromatic nitrogens is 3. The topological polar surface area (TPSA) is 69.3 Å². The van der Waals surface area contributed by atoms with Gasteiger partial charge in [-0.2, -0.15) is 5.10 Å². The van der Waals surface area contributed by atoms with Crippen LogP contribution in [0.1, 0.15) is 24.7 Å². The zero-order chi connectivity index (χ0) is 17.8. The van der Waals surface area contributed by atoms with E-state index in [9.17, 15) is 0 Å². The van der Waals surface area contributed by atoms with E-state index in [-0.39, 0.29) is 6.10 Å². The molecule has 2 heterocycles. The molecule has 1 fully saturated rings. The molecule has 0 amide bonds. The second-order valence-electron chi connectivity index (χ2n) is 6.35. The third kappa shape index (κ3) is 3.61. The third-order valence-corrected chi connectivity index (χ3v) is 4.38. The Hall–Kier alpha value is -2.70. The smallest absolute Gasteiger partial charge is 0.202 e. The molecule has 1 aliphatic rings. The average Bonchev–Trinajstić information content (AvgIpc) is 3.16. The summed E-state index contributed by atoms with van der Waals surface area (Å²) in [6.45, 7) is 2.69. The lowest BCUT2D eigenvalue weighted by Crippen LogP contribution is -2.43. The van der Waals surface area contributed by atoms with Gasteiger partial charge in [0.2, 0.25) is 5.79 Å². The SMILES string of the molecule is CC1CCOC(Cc2nc[nH]n2)(c2ccc(Oc3ccccc3)cc2)O1. The molecule has 1 N–H and O–H groups in total. The maximum Gasteiger partial charge on any atom is 0.202 e. The molecule has 2 unspecified atom stereocenters. The van der Waals surface area contributed by atoms with Crippen LogP contribution >= 0.6 is 0 Å². The summed E-state index contributed by atoms with van der Waals surface area (Å²) in [5, 5.41) is 6.90. The highest BCUT2D eigenvalue weighted by Gasteiger charge is 2.40. The summed E-state index contributed by atoms with van der Waals surface area (Å²) in [6, 6.07) is 17.5. The fraction of sp³-hybridized carbons (Fsp3) is 0.300. The molecule has 6 nitrogen and oxygen atoms in total. The van der Waals surface area contributed by atoms with Gasteiger partial charge in [-0.25, -0.2) is 4.98 Å². The van der Waals surface area contributed by atoms with E-state index in [1.165, 1.54) is 0 Å². The largest absolute Gasteiger partial charge is 0.457 e. The number of hydrogen-bond acceptors (Lipinski definition) is 5. The molecule has 2 aromatic carbocycles. The van der Waals surface area contributed by atoms with E-state index in [1.54, 1.807) is 6.33 Å². The molecule has 0 spiro atoms. The molecular weight excluding hydrogens is 330 g/mol. The Morgan fingerprint density at radius 2 is 1.88 bits per heavy atom. The molecular formula is C20H21N3O3. The molecule has 26 heavy (non-hydrogen) atoms. The summed E-state index contributed by atoms with van der Waals surface area (Å²) in [5.41, 5.74) is 0.925. The van der Waals surface area contributed by atoms with Crippen LogP contribution in [0.15, 0.2) is 60.9 Å². The van der Waals surface area contributed by atoms with E-state index in [0.717, 1.165) is 23.5 Å². The summed E-state index contributed by atoms with van der Waals surface area (Å²) in [7, 11) is 0. The highest BCUT2D eigenvalue weighted by molar-refractivity contribution is 5.34. The zero-order valence-electron chi connectivity index (χ0n) is 14.6. The van der Waals surface area contributed by atoms with Gasteiger partial charge in [-0.15, -0.1) is 0 Å². The second-order valence-corrected chi connectivity index (χ2v) is 6.35. The quantitative estimate of drug-likeness (QED) is 0.757. The predicted octanol–water partition coefficient (Wildman–Crippen LogP) is 3.82. The monoisotopic (exact) mass is 351 g/mol. The molecule has 134 valence electrons. The van der Waals surface area contributed by atoms with Gasteiger partial charge >= 0.3 is 0 Å². The van der Waals surface area contributed by atoms with Crippen LogP contribution in [0.2, 0.25) is 0 Å². The minimum Gasteiger partial charge on any atom is -0.457 e. The molecule has 6 heteroatoms. The average molecular weight is 351 g/mol. The van der Waals surface area contributed by atoms with Crippen molar-refractivity contribution in [2.45, 2.75) is 31.7 Å². The van der Waals surface area contributed by atoms with Gasteiger partial charge in [-0.3, -0.25) is 5.10 Å². The Labute approximate surface area is 152 Å². The summed E-state index contributed by atoms with van der Waals surface area (Å²) in [5.74, 6) is 1.33. The summed E-state index contributed by atoms with van der Waals surface area (Å²) in [6.07, 6.45) is 2.97. The number of rotatable bonds is 5. The number of benzene rings is 2. The van der Waals surface area contributed by atoms with Crippen molar-refractivity contribution in [1.29, 1.82) is 0 Å². The highest BCUT2D eigenvalue weighted by atomic mass is 16.7. The van der Waals surface area contributed by atoms with Crippen molar-refractivity contribution in [3.05, 3.63) is 72.3 Å². The van der Waals surface area contributed by atoms with Crippen LogP contribution in [0.25, 0.3) is 0 Å². The lowest BCUT2D eigenvalue weighted by Gasteiger charge is -2.40. The normalized spacial score (nSPS) is 22.9. The summed E-state index contributed by atoms with van der Waals surface area (Å²) in [4.78, 5) is 4.23. The Balaban J connectivity index is 1.59. The van der Waals surface area contributed by atoms with Gasteiger partial charge in [0.25, 0.3) is 0 Å². The van der Waals surface area contributed by atoms with Crippen molar-refractivity contribution < 1.29 is 14.2 Å². The van der Waals surface area contributed by atoms with E-state index in [1.807, 2.05) is 54.6 Å². The van der Waals surface area contributed by atoms with Crippen molar-refractivity contribution in [3.8, 4) is 11.5 Å². The predicted molar refractivity (Wildman–Crippen MR) is 95.8 cm³/mol. The first-order valence-electron chi connectivity index (χ1n) is 8.73. The first kappa shape index (κ1) is 16.8. The van der Waals surface area contributed by atoms with Gasteiger partial charge < -0.3 is 14.2 Å². The van der Waals surface area contributed by atoms with Crippen LogP contribution in [0.4, 0.5) is 0 Å². The molecule has 3 aromatic rings. The number of nitrogens with one attached hydrogen (secondary N) is 1. The van der Waals surface area contributed by atoms with Crippen LogP contribution in [-0.2, 0) is 21.7 Å². The van der Waals surface area contributed by atoms with Gasteiger partial charge in [0.05, 0.1) is 19.1 Å². The maximum absolute atomic E-state index is 6.23. The summed E-state index contributed by atoms with van der Waals surface area (Å²) >= 11 is 0. The molecule has 2 atom stereocenters. The Kier molecular flexibility index (Phi) is 4.69. The first-order chi connectivity index (χ1) is 12.7. The Morgan fingerprint density at radius 1 is 1.12 bits per heavy atom. The maximum atomic E-state index is 6.23. The van der Waals surface area contributed by atoms with Crippen molar-refractivity contribution in [3.63, 3.8) is 0 Å². The van der Waals surface area contributed by atoms with Gasteiger partial charge in [0.1, 0.15) is 17.8 Å². The van der Waals surface area contributed by atoms with Crippen LogP contribution < -0.4 is 4.74 Å². The molecule has 4 rings (SSSR count). The van der Waals surface area contributed by atoms with Crippen LogP contribution in [0.3, 0.4) is 0 Å². The number of ether oxygens (including phenoxy) is 3. The molecule has 0 aliphatic carbocycles. The zero-order valence-corrected chi connectivity index (χ0v) is 14.6. The van der Waals surface area contributed by atoms with Gasteiger partial charge in [-0.1, -0.05) is 18.2 Å². The van der Waals surface area contributed by atoms with Crippen LogP contribution in [0, 0.1) is 0 Å². The van der Waals surface area contributed by atoms with Crippen molar-refractivity contribution >= 4 is 0 Å². The van der Waals surface area contributed by atoms with E-state index in [4.69, 9.17) is 14.2 Å². The number of H-pyrrole nitrogens is 1.